The highest BCUT2D eigenvalue weighted by Crippen LogP contribution is 2.06. The summed E-state index contributed by atoms with van der Waals surface area (Å²) in [5.74, 6) is 0. The third-order valence-corrected chi connectivity index (χ3v) is 3.36. The van der Waals surface area contributed by atoms with Crippen LogP contribution in [0, 0.1) is 0 Å². The van der Waals surface area contributed by atoms with E-state index >= 15 is 0 Å². The molecule has 0 bridgehead atoms. The van der Waals surface area contributed by atoms with Gasteiger partial charge in [-0.25, -0.2) is 0 Å². The Hall–Kier alpha value is -2.48. The van der Waals surface area contributed by atoms with Crippen LogP contribution in [0.15, 0.2) is 71.4 Å². The highest BCUT2D eigenvalue weighted by Gasteiger charge is 1.92. The van der Waals surface area contributed by atoms with Gasteiger partial charge in [-0.3, -0.25) is 0 Å². The predicted octanol–water partition coefficient (Wildman–Crippen LogP) is 4.82. The van der Waals surface area contributed by atoms with E-state index in [0.29, 0.717) is 0 Å². The normalized spacial score (nSPS) is 11.3. The van der Waals surface area contributed by atoms with E-state index in [2.05, 4.69) is 60.1 Å². The van der Waals surface area contributed by atoms with Gasteiger partial charge in [-0.2, -0.15) is 10.2 Å². The molecule has 0 aliphatic rings. The van der Waals surface area contributed by atoms with Gasteiger partial charge < -0.3 is 0 Å². The Bertz CT molecular complexity index is 634. The van der Waals surface area contributed by atoms with Crippen LogP contribution in [0.5, 0.6) is 0 Å². The molecule has 0 heterocycles. The SMILES string of the molecule is C=CCc1ccc(C=NN=Cc2ccc(CCC)cc2)cc1. The molecule has 0 saturated heterocycles. The lowest BCUT2D eigenvalue weighted by Crippen LogP contribution is -1.86. The molecule has 0 unspecified atom stereocenters. The average Bonchev–Trinajstić information content (AvgIpc) is 2.55. The standard InChI is InChI=1S/C20H22N2/c1-3-5-17-7-11-19(12-8-17)15-21-22-16-20-13-9-18(6-4-2)10-14-20/h3,7-16H,1,4-6H2,2H3. The van der Waals surface area contributed by atoms with Crippen LogP contribution in [0.3, 0.4) is 0 Å². The monoisotopic (exact) mass is 290 g/mol. The number of hydrogen-bond acceptors (Lipinski definition) is 2. The highest BCUT2D eigenvalue weighted by atomic mass is 15.2. The largest absolute Gasteiger partial charge is 0.159 e. The molecule has 2 nitrogen and oxygen atoms in total. The summed E-state index contributed by atoms with van der Waals surface area (Å²) in [6, 6.07) is 16.7. The molecule has 0 atom stereocenters. The number of allylic oxidation sites excluding steroid dienone is 1. The zero-order valence-corrected chi connectivity index (χ0v) is 13.1. The Kier molecular flexibility index (Phi) is 6.31. The number of nitrogens with zero attached hydrogens (tertiary/aromatic N) is 2. The lowest BCUT2D eigenvalue weighted by atomic mass is 10.1. The van der Waals surface area contributed by atoms with E-state index in [4.69, 9.17) is 0 Å². The molecule has 2 aromatic carbocycles. The maximum absolute atomic E-state index is 4.10. The van der Waals surface area contributed by atoms with Gasteiger partial charge in [0.05, 0.1) is 12.4 Å². The fraction of sp³-hybridized carbons (Fsp3) is 0.200. The van der Waals surface area contributed by atoms with E-state index in [1.807, 2.05) is 18.2 Å². The molecule has 0 aliphatic heterocycles. The number of rotatable bonds is 7. The third kappa shape index (κ3) is 5.13. The Balaban J connectivity index is 1.91. The molecular formula is C20H22N2. The minimum atomic E-state index is 0.892. The van der Waals surface area contributed by atoms with Crippen LogP contribution in [0.1, 0.15) is 35.6 Å². The summed E-state index contributed by atoms with van der Waals surface area (Å²) in [5, 5.41) is 8.20. The van der Waals surface area contributed by atoms with Crippen LogP contribution in [-0.4, -0.2) is 12.4 Å². The zero-order chi connectivity index (χ0) is 15.6. The van der Waals surface area contributed by atoms with Crippen molar-refractivity contribution in [3.05, 3.63) is 83.4 Å². The summed E-state index contributed by atoms with van der Waals surface area (Å²) in [4.78, 5) is 0. The molecule has 0 fully saturated rings. The lowest BCUT2D eigenvalue weighted by molar-refractivity contribution is 0.922. The summed E-state index contributed by atoms with van der Waals surface area (Å²) < 4.78 is 0. The zero-order valence-electron chi connectivity index (χ0n) is 13.1. The molecule has 2 heteroatoms. The average molecular weight is 290 g/mol. The fourth-order valence-corrected chi connectivity index (χ4v) is 2.17. The smallest absolute Gasteiger partial charge is 0.0568 e. The van der Waals surface area contributed by atoms with Crippen molar-refractivity contribution in [2.24, 2.45) is 10.2 Å². The summed E-state index contributed by atoms with van der Waals surface area (Å²) in [6.07, 6.45) is 8.63. The maximum atomic E-state index is 4.10. The van der Waals surface area contributed by atoms with Crippen molar-refractivity contribution in [3.63, 3.8) is 0 Å². The molecule has 0 radical (unpaired) electrons. The first kappa shape index (κ1) is 15.9. The van der Waals surface area contributed by atoms with E-state index in [-0.39, 0.29) is 0 Å². The van der Waals surface area contributed by atoms with Crippen molar-refractivity contribution >= 4 is 12.4 Å². The molecule has 0 aromatic heterocycles. The summed E-state index contributed by atoms with van der Waals surface area (Å²) in [5.41, 5.74) is 4.73. The quantitative estimate of drug-likeness (QED) is 0.397. The lowest BCUT2D eigenvalue weighted by Gasteiger charge is -1.98. The molecule has 112 valence electrons. The van der Waals surface area contributed by atoms with E-state index in [0.717, 1.165) is 24.0 Å². The summed E-state index contributed by atoms with van der Waals surface area (Å²) in [7, 11) is 0. The van der Waals surface area contributed by atoms with Crippen LogP contribution in [0.4, 0.5) is 0 Å². The molecule has 2 rings (SSSR count). The van der Waals surface area contributed by atoms with Gasteiger partial charge in [0.1, 0.15) is 0 Å². The van der Waals surface area contributed by atoms with Crippen molar-refractivity contribution in [3.8, 4) is 0 Å². The molecule has 0 N–H and O–H groups in total. The van der Waals surface area contributed by atoms with Crippen LogP contribution in [0.2, 0.25) is 0 Å². The van der Waals surface area contributed by atoms with Gasteiger partial charge in [0.25, 0.3) is 0 Å². The van der Waals surface area contributed by atoms with Crippen molar-refractivity contribution in [2.45, 2.75) is 26.2 Å². The number of hydrogen-bond donors (Lipinski definition) is 0. The second-order valence-corrected chi connectivity index (χ2v) is 5.22. The Morgan fingerprint density at radius 3 is 1.77 bits per heavy atom. The van der Waals surface area contributed by atoms with Crippen LogP contribution in [-0.2, 0) is 12.8 Å². The Labute approximate surface area is 132 Å². The first-order valence-corrected chi connectivity index (χ1v) is 7.67. The topological polar surface area (TPSA) is 24.7 Å². The van der Waals surface area contributed by atoms with Gasteiger partial charge in [0, 0.05) is 0 Å². The second-order valence-electron chi connectivity index (χ2n) is 5.22. The van der Waals surface area contributed by atoms with Crippen molar-refractivity contribution in [1.29, 1.82) is 0 Å². The molecular weight excluding hydrogens is 268 g/mol. The molecule has 22 heavy (non-hydrogen) atoms. The van der Waals surface area contributed by atoms with E-state index in [9.17, 15) is 0 Å². The molecule has 0 spiro atoms. The maximum Gasteiger partial charge on any atom is 0.0568 e. The predicted molar refractivity (Wildman–Crippen MR) is 96.0 cm³/mol. The van der Waals surface area contributed by atoms with E-state index < -0.39 is 0 Å². The number of aryl methyl sites for hydroxylation is 1. The third-order valence-electron chi connectivity index (χ3n) is 3.36. The molecule has 0 aliphatic carbocycles. The van der Waals surface area contributed by atoms with Gasteiger partial charge in [-0.05, 0) is 35.1 Å². The Morgan fingerprint density at radius 1 is 0.818 bits per heavy atom. The van der Waals surface area contributed by atoms with E-state index in [1.54, 1.807) is 12.4 Å². The van der Waals surface area contributed by atoms with Crippen LogP contribution in [0.25, 0.3) is 0 Å². The van der Waals surface area contributed by atoms with E-state index in [1.165, 1.54) is 17.5 Å². The van der Waals surface area contributed by atoms with Gasteiger partial charge >= 0.3 is 0 Å². The van der Waals surface area contributed by atoms with Crippen molar-refractivity contribution in [1.82, 2.24) is 0 Å². The second kappa shape index (κ2) is 8.73. The first-order chi connectivity index (χ1) is 10.8. The van der Waals surface area contributed by atoms with Gasteiger partial charge in [-0.1, -0.05) is 68.0 Å². The number of benzene rings is 2. The summed E-state index contributed by atoms with van der Waals surface area (Å²) in [6.45, 7) is 5.93. The summed E-state index contributed by atoms with van der Waals surface area (Å²) >= 11 is 0. The van der Waals surface area contributed by atoms with Crippen molar-refractivity contribution < 1.29 is 0 Å². The first-order valence-electron chi connectivity index (χ1n) is 7.67. The highest BCUT2D eigenvalue weighted by molar-refractivity contribution is 5.82. The van der Waals surface area contributed by atoms with Crippen LogP contribution < -0.4 is 0 Å². The minimum absolute atomic E-state index is 0.892. The van der Waals surface area contributed by atoms with Crippen LogP contribution >= 0.6 is 0 Å². The molecule has 0 amide bonds. The Morgan fingerprint density at radius 2 is 1.32 bits per heavy atom. The van der Waals surface area contributed by atoms with Gasteiger partial charge in [0.2, 0.25) is 0 Å². The molecule has 0 saturated carbocycles. The van der Waals surface area contributed by atoms with Gasteiger partial charge in [0.15, 0.2) is 0 Å². The van der Waals surface area contributed by atoms with Gasteiger partial charge in [-0.15, -0.1) is 6.58 Å². The van der Waals surface area contributed by atoms with Crippen molar-refractivity contribution in [2.75, 3.05) is 0 Å². The fourth-order valence-electron chi connectivity index (χ4n) is 2.17. The minimum Gasteiger partial charge on any atom is -0.159 e. The molecule has 2 aromatic rings.